The van der Waals surface area contributed by atoms with Crippen LogP contribution in [0.3, 0.4) is 0 Å². The molecule has 0 aliphatic carbocycles. The van der Waals surface area contributed by atoms with E-state index in [1.807, 2.05) is 6.92 Å². The van der Waals surface area contributed by atoms with Gasteiger partial charge in [0.2, 0.25) is 0 Å². The lowest BCUT2D eigenvalue weighted by atomic mass is 9.97. The van der Waals surface area contributed by atoms with Gasteiger partial charge >= 0.3 is 0 Å². The van der Waals surface area contributed by atoms with E-state index in [1.165, 1.54) is 71.1 Å². The molecule has 0 atom stereocenters. The number of aryl methyl sites for hydroxylation is 1. The van der Waals surface area contributed by atoms with Crippen LogP contribution < -0.4 is 0 Å². The van der Waals surface area contributed by atoms with E-state index in [0.717, 1.165) is 68.1 Å². The maximum Gasteiger partial charge on any atom is 0.150 e. The second-order valence-corrected chi connectivity index (χ2v) is 20.0. The van der Waals surface area contributed by atoms with Crippen LogP contribution in [0.5, 0.6) is 0 Å². The lowest BCUT2D eigenvalue weighted by Gasteiger charge is -2.08. The maximum absolute atomic E-state index is 10.1. The Morgan fingerprint density at radius 1 is 0.272 bits per heavy atom. The van der Waals surface area contributed by atoms with E-state index >= 15 is 0 Å². The van der Waals surface area contributed by atoms with Crippen molar-refractivity contribution in [2.24, 2.45) is 0 Å². The number of fused-ring (bicyclic) bond motifs is 6. The van der Waals surface area contributed by atoms with Gasteiger partial charge in [-0.05, 0) is 150 Å². The van der Waals surface area contributed by atoms with E-state index in [-0.39, 0.29) is 0 Å². The molecule has 0 aliphatic heterocycles. The zero-order valence-electron chi connectivity index (χ0n) is 44.5. The molecular weight excluding hydrogens is 987 g/mol. The molecule has 14 rings (SSSR count). The summed E-state index contributed by atoms with van der Waals surface area (Å²) in [7, 11) is 0. The fourth-order valence-corrected chi connectivity index (χ4v) is 10.4. The minimum absolute atomic E-state index is 0.589. The van der Waals surface area contributed by atoms with Crippen LogP contribution in [-0.4, -0.2) is 27.5 Å². The molecule has 0 fully saturated rings. The van der Waals surface area contributed by atoms with E-state index in [0.29, 0.717) is 11.1 Å². The van der Waals surface area contributed by atoms with Crippen molar-refractivity contribution >= 4 is 102 Å². The number of benzene rings is 11. The Bertz CT molecular complexity index is 4460. The largest absolute Gasteiger partial charge is 0.298 e. The molecule has 11 aromatic carbocycles. The van der Waals surface area contributed by atoms with Gasteiger partial charge in [0.05, 0.1) is 27.9 Å². The van der Waals surface area contributed by atoms with Gasteiger partial charge in [-0.25, -0.2) is 9.97 Å². The average molecular weight is 1040 g/mol. The maximum atomic E-state index is 10.1. The van der Waals surface area contributed by atoms with Gasteiger partial charge in [0.25, 0.3) is 0 Å². The number of hydrogen-bond acceptors (Lipinski definition) is 5. The molecule has 0 unspecified atom stereocenters. The first-order valence-corrected chi connectivity index (χ1v) is 27.0. The summed E-state index contributed by atoms with van der Waals surface area (Å²) >= 11 is 0. The lowest BCUT2D eigenvalue weighted by Crippen LogP contribution is -1.86. The monoisotopic (exact) mass is 1040 g/mol. The lowest BCUT2D eigenvalue weighted by molar-refractivity contribution is 0.111. The minimum Gasteiger partial charge on any atom is -0.298 e. The highest BCUT2D eigenvalue weighted by molar-refractivity contribution is 6.01. The first-order valence-electron chi connectivity index (χ1n) is 27.0. The Morgan fingerprint density at radius 3 is 0.988 bits per heavy atom. The van der Waals surface area contributed by atoms with E-state index in [4.69, 9.17) is 9.97 Å². The standard InChI is InChI=1S/C48H32N2.C20H15N.C8H6O2/c1-3-11-43-35(7-1)9-5-13-45(43)37-23-29-47-39(31-37)21-27-41(49-47)25-19-33-15-17-34(18-16-33)20-26-42-28-22-40-32-38(24-30-48(40)50-42)46-14-6-10-36-8-2-4-12-44(36)46;1-14-9-10-17-13-16(11-12-20(17)21-14)19-8-4-6-15-5-2-3-7-18(15)19;9-5-7-1-2-8(6-10)4-3-7/h1-32H;2-13H,1H3;1-6H/b25-19+,26-20+;;. The number of aldehydes is 2. The molecule has 0 saturated heterocycles. The molecule has 0 radical (unpaired) electrons. The van der Waals surface area contributed by atoms with E-state index in [9.17, 15) is 9.59 Å². The summed E-state index contributed by atoms with van der Waals surface area (Å²) in [6.07, 6.45) is 9.87. The summed E-state index contributed by atoms with van der Waals surface area (Å²) in [5, 5.41) is 11.1. The molecule has 5 nitrogen and oxygen atoms in total. The fourth-order valence-electron chi connectivity index (χ4n) is 10.4. The third kappa shape index (κ3) is 11.6. The van der Waals surface area contributed by atoms with Crippen molar-refractivity contribution in [2.75, 3.05) is 0 Å². The van der Waals surface area contributed by atoms with E-state index in [1.54, 1.807) is 24.3 Å². The van der Waals surface area contributed by atoms with Gasteiger partial charge in [0.15, 0.2) is 0 Å². The summed E-state index contributed by atoms with van der Waals surface area (Å²) in [5.41, 5.74) is 16.8. The molecular formula is C76H53N3O2. The molecule has 3 aromatic heterocycles. The van der Waals surface area contributed by atoms with Crippen LogP contribution in [0.4, 0.5) is 0 Å². The first kappa shape index (κ1) is 51.0. The van der Waals surface area contributed by atoms with Crippen molar-refractivity contribution in [3.63, 3.8) is 0 Å². The molecule has 0 N–H and O–H groups in total. The second-order valence-electron chi connectivity index (χ2n) is 20.0. The number of aromatic nitrogens is 3. The zero-order valence-corrected chi connectivity index (χ0v) is 44.5. The molecule has 0 aliphatic rings. The van der Waals surface area contributed by atoms with Crippen molar-refractivity contribution in [2.45, 2.75) is 6.92 Å². The van der Waals surface area contributed by atoms with Crippen LogP contribution in [0.2, 0.25) is 0 Å². The van der Waals surface area contributed by atoms with Crippen LogP contribution in [0.25, 0.3) is 123 Å². The molecule has 0 saturated carbocycles. The zero-order chi connectivity index (χ0) is 54.9. The number of pyridine rings is 3. The Labute approximate surface area is 470 Å². The van der Waals surface area contributed by atoms with Crippen molar-refractivity contribution in [1.29, 1.82) is 0 Å². The number of rotatable bonds is 9. The number of carbonyl (C=O) groups excluding carboxylic acids is 2. The van der Waals surface area contributed by atoms with Gasteiger partial charge in [-0.15, -0.1) is 0 Å². The number of hydrogen-bond donors (Lipinski definition) is 0. The topological polar surface area (TPSA) is 72.8 Å². The van der Waals surface area contributed by atoms with Gasteiger partial charge in [-0.3, -0.25) is 14.6 Å². The molecule has 81 heavy (non-hydrogen) atoms. The smallest absolute Gasteiger partial charge is 0.150 e. The third-order valence-corrected chi connectivity index (χ3v) is 14.6. The summed E-state index contributed by atoms with van der Waals surface area (Å²) in [6, 6.07) is 92.3. The van der Waals surface area contributed by atoms with Crippen molar-refractivity contribution in [3.8, 4) is 33.4 Å². The van der Waals surface area contributed by atoms with Gasteiger partial charge < -0.3 is 0 Å². The summed E-state index contributed by atoms with van der Waals surface area (Å²) in [5.74, 6) is 0. The fraction of sp³-hybridized carbons (Fsp3) is 0.0132. The second kappa shape index (κ2) is 23.5. The van der Waals surface area contributed by atoms with E-state index < -0.39 is 0 Å². The highest BCUT2D eigenvalue weighted by Crippen LogP contribution is 2.34. The van der Waals surface area contributed by atoms with Crippen LogP contribution >= 0.6 is 0 Å². The van der Waals surface area contributed by atoms with Gasteiger partial charge in [0.1, 0.15) is 12.6 Å². The van der Waals surface area contributed by atoms with Gasteiger partial charge in [0, 0.05) is 33.0 Å². The Balaban J connectivity index is 0.000000171. The Kier molecular flexibility index (Phi) is 14.8. The predicted molar refractivity (Wildman–Crippen MR) is 340 cm³/mol. The van der Waals surface area contributed by atoms with E-state index in [2.05, 4.69) is 272 Å². The molecule has 0 spiro atoms. The van der Waals surface area contributed by atoms with Crippen LogP contribution in [-0.2, 0) is 0 Å². The van der Waals surface area contributed by atoms with Crippen molar-refractivity contribution in [3.05, 3.63) is 306 Å². The molecule has 0 bridgehead atoms. The highest BCUT2D eigenvalue weighted by Gasteiger charge is 2.09. The molecule has 5 heteroatoms. The summed E-state index contributed by atoms with van der Waals surface area (Å²) < 4.78 is 0. The third-order valence-electron chi connectivity index (χ3n) is 14.6. The molecule has 384 valence electrons. The molecule has 0 amide bonds. The summed E-state index contributed by atoms with van der Waals surface area (Å²) in [6.45, 7) is 2.03. The van der Waals surface area contributed by atoms with Crippen molar-refractivity contribution < 1.29 is 9.59 Å². The van der Waals surface area contributed by atoms with Gasteiger partial charge in [-0.1, -0.05) is 224 Å². The summed E-state index contributed by atoms with van der Waals surface area (Å²) in [4.78, 5) is 34.6. The highest BCUT2D eigenvalue weighted by atomic mass is 16.1. The Morgan fingerprint density at radius 2 is 0.605 bits per heavy atom. The van der Waals surface area contributed by atoms with Gasteiger partial charge in [-0.2, -0.15) is 0 Å². The van der Waals surface area contributed by atoms with Crippen LogP contribution in [0.1, 0.15) is 48.9 Å². The average Bonchev–Trinajstić information content (AvgIpc) is 3.54. The number of carbonyl (C=O) groups is 2. The van der Waals surface area contributed by atoms with Crippen molar-refractivity contribution in [1.82, 2.24) is 15.0 Å². The quantitative estimate of drug-likeness (QED) is 0.135. The predicted octanol–water partition coefficient (Wildman–Crippen LogP) is 19.4. The SMILES string of the molecule is C(=C\c1ccc2cc(-c3cccc4ccccc34)ccc2n1)/c1ccc(/C=C/c2ccc3cc(-c4cccc5ccccc45)ccc3n2)cc1.Cc1ccc2cc(-c3cccc4ccccc34)ccc2n1.O=Cc1ccc(C=O)cc1. The molecule has 14 aromatic rings. The van der Waals surface area contributed by atoms with Crippen LogP contribution in [0.15, 0.2) is 267 Å². The Hall–Kier alpha value is -10.8. The number of nitrogens with zero attached hydrogens (tertiary/aromatic N) is 3. The first-order chi connectivity index (χ1) is 39.9. The molecule has 3 heterocycles. The van der Waals surface area contributed by atoms with Crippen LogP contribution in [0, 0.1) is 6.92 Å². The minimum atomic E-state index is 0.589. The normalized spacial score (nSPS) is 11.3.